The van der Waals surface area contributed by atoms with Crippen LogP contribution in [-0.2, 0) is 27.9 Å². The summed E-state index contributed by atoms with van der Waals surface area (Å²) in [6.45, 7) is 2.15. The maximum absolute atomic E-state index is 14.6. The summed E-state index contributed by atoms with van der Waals surface area (Å²) in [5.74, 6) is -2.70. The number of benzene rings is 4. The minimum Gasteiger partial charge on any atom is -0.385 e. The van der Waals surface area contributed by atoms with Gasteiger partial charge in [0.2, 0.25) is 0 Å². The fourth-order valence-corrected chi connectivity index (χ4v) is 8.80. The zero-order valence-electron chi connectivity index (χ0n) is 32.5. The number of hydrogen-bond acceptors (Lipinski definition) is 12. The van der Waals surface area contributed by atoms with Crippen LogP contribution in [-0.4, -0.2) is 68.8 Å². The Morgan fingerprint density at radius 1 is 0.967 bits per heavy atom. The average Bonchev–Trinajstić information content (AvgIpc) is 3.64. The number of alkyl halides is 3. The summed E-state index contributed by atoms with van der Waals surface area (Å²) >= 11 is 0. The lowest BCUT2D eigenvalue weighted by Crippen LogP contribution is -2.45. The molecule has 3 atom stereocenters. The van der Waals surface area contributed by atoms with E-state index in [1.165, 1.54) is 48.8 Å². The maximum Gasteiger partial charge on any atom is 0.417 e. The predicted octanol–water partition coefficient (Wildman–Crippen LogP) is 5.85. The van der Waals surface area contributed by atoms with Gasteiger partial charge in [-0.2, -0.15) is 28.6 Å². The second-order valence-electron chi connectivity index (χ2n) is 14.7. The van der Waals surface area contributed by atoms with Crippen molar-refractivity contribution in [2.75, 3.05) is 40.1 Å². The first kappa shape index (κ1) is 42.3. The fraction of sp³-hybridized carbons (Fsp3) is 0.268. The number of carbonyl (C=O) groups excluding carboxylic acids is 1. The van der Waals surface area contributed by atoms with Gasteiger partial charge in [0.15, 0.2) is 15.4 Å². The zero-order valence-corrected chi connectivity index (χ0v) is 33.3. The molecular formula is C41H38F4N10O5S. The molecule has 0 aliphatic carbocycles. The third-order valence-corrected chi connectivity index (χ3v) is 12.2. The van der Waals surface area contributed by atoms with Crippen LogP contribution in [0, 0.1) is 17.1 Å². The monoisotopic (exact) mass is 858 g/mol. The maximum atomic E-state index is 14.6. The Balaban J connectivity index is 0.899. The normalized spacial score (nSPS) is 16.0. The van der Waals surface area contributed by atoms with Crippen molar-refractivity contribution in [3.05, 3.63) is 130 Å². The van der Waals surface area contributed by atoms with E-state index < -0.39 is 67.7 Å². The van der Waals surface area contributed by atoms with Crippen molar-refractivity contribution in [1.29, 1.82) is 5.26 Å². The molecule has 0 spiro atoms. The Hall–Kier alpha value is -6.85. The Morgan fingerprint density at radius 2 is 1.61 bits per heavy atom. The van der Waals surface area contributed by atoms with Gasteiger partial charge in [-0.25, -0.2) is 22.9 Å². The van der Waals surface area contributed by atoms with Crippen LogP contribution in [0.1, 0.15) is 59.9 Å². The van der Waals surface area contributed by atoms with Gasteiger partial charge in [0.1, 0.15) is 18.0 Å². The van der Waals surface area contributed by atoms with E-state index in [4.69, 9.17) is 5.26 Å². The molecule has 20 heteroatoms. The van der Waals surface area contributed by atoms with Crippen molar-refractivity contribution in [3.8, 4) is 6.07 Å². The molecule has 0 saturated carbocycles. The van der Waals surface area contributed by atoms with Crippen molar-refractivity contribution in [2.45, 2.75) is 48.4 Å². The number of aliphatic hydroxyl groups is 1. The zero-order chi connectivity index (χ0) is 43.7. The molecule has 1 aliphatic heterocycles. The molecule has 3 heterocycles. The lowest BCUT2D eigenvalue weighted by Gasteiger charge is -2.33. The highest BCUT2D eigenvalue weighted by molar-refractivity contribution is 7.91. The number of aryl methyl sites for hydroxylation is 1. The van der Waals surface area contributed by atoms with Crippen molar-refractivity contribution >= 4 is 49.3 Å². The number of amides is 1. The van der Waals surface area contributed by atoms with Gasteiger partial charge in [0, 0.05) is 48.3 Å². The van der Waals surface area contributed by atoms with Crippen LogP contribution in [0.15, 0.2) is 94.9 Å². The van der Waals surface area contributed by atoms with Crippen LogP contribution in [0.3, 0.4) is 0 Å². The number of unbranched alkanes of at least 4 members (excludes halogenated alkanes) is 1. The van der Waals surface area contributed by atoms with Gasteiger partial charge < -0.3 is 26.4 Å². The van der Waals surface area contributed by atoms with E-state index in [0.717, 1.165) is 43.1 Å². The minimum absolute atomic E-state index is 0.174. The molecule has 6 N–H and O–H groups in total. The van der Waals surface area contributed by atoms with Crippen molar-refractivity contribution in [2.24, 2.45) is 7.05 Å². The Kier molecular flexibility index (Phi) is 11.5. The summed E-state index contributed by atoms with van der Waals surface area (Å²) in [5.41, 5.74) is -1.96. The van der Waals surface area contributed by atoms with E-state index >= 15 is 0 Å². The minimum atomic E-state index is -4.88. The Morgan fingerprint density at radius 3 is 2.21 bits per heavy atom. The van der Waals surface area contributed by atoms with Gasteiger partial charge in [0.05, 0.1) is 50.9 Å². The summed E-state index contributed by atoms with van der Waals surface area (Å²) in [7, 11) is -2.46. The molecule has 0 fully saturated rings. The van der Waals surface area contributed by atoms with Gasteiger partial charge in [0.25, 0.3) is 11.5 Å². The first-order chi connectivity index (χ1) is 28.9. The molecule has 2 aromatic heterocycles. The van der Waals surface area contributed by atoms with Crippen molar-refractivity contribution in [3.63, 3.8) is 0 Å². The topological polar surface area (TPSA) is 220 Å². The summed E-state index contributed by atoms with van der Waals surface area (Å²) in [4.78, 5) is 29.7. The summed E-state index contributed by atoms with van der Waals surface area (Å²) in [6, 6.07) is 19.5. The number of aromatic nitrogens is 5. The van der Waals surface area contributed by atoms with Crippen LogP contribution < -0.4 is 26.8 Å². The first-order valence-electron chi connectivity index (χ1n) is 18.8. The van der Waals surface area contributed by atoms with E-state index in [1.807, 2.05) is 24.3 Å². The molecule has 2 unspecified atom stereocenters. The molecule has 0 bridgehead atoms. The molecule has 7 rings (SSSR count). The summed E-state index contributed by atoms with van der Waals surface area (Å²) in [5, 5.41) is 43.7. The van der Waals surface area contributed by atoms with E-state index in [-0.39, 0.29) is 16.0 Å². The number of nitriles is 1. The van der Waals surface area contributed by atoms with Crippen molar-refractivity contribution < 1.29 is 35.9 Å². The van der Waals surface area contributed by atoms with Gasteiger partial charge in [-0.1, -0.05) is 12.1 Å². The van der Waals surface area contributed by atoms with Crippen LogP contribution in [0.5, 0.6) is 0 Å². The van der Waals surface area contributed by atoms with E-state index in [9.17, 15) is 40.7 Å². The molecule has 316 valence electrons. The third-order valence-electron chi connectivity index (χ3n) is 10.3. The van der Waals surface area contributed by atoms with Crippen LogP contribution in [0.4, 0.5) is 40.3 Å². The molecular weight excluding hydrogens is 821 g/mol. The van der Waals surface area contributed by atoms with Crippen molar-refractivity contribution in [1.82, 2.24) is 25.0 Å². The smallest absolute Gasteiger partial charge is 0.385 e. The molecule has 6 aromatic rings. The van der Waals surface area contributed by atoms with E-state index in [0.29, 0.717) is 47.4 Å². The number of hydrogen-bond donors (Lipinski definition) is 6. The van der Waals surface area contributed by atoms with Crippen LogP contribution >= 0.6 is 0 Å². The number of carbonyl (C=O) groups is 1. The SMILES string of the molecule is Cn1ncnc1C1c2n[nH]c(=O)c3cc(F)cc(c23)N[C@@H]1c1ccc(NCCCCNc2ccc(S(=O)(=O)CC(C)(O)C(=O)Nc3ccc(C#N)c(C(F)(F)F)c3)cc2)cc1. The molecule has 1 aliphatic rings. The lowest BCUT2D eigenvalue weighted by atomic mass is 9.83. The second-order valence-corrected chi connectivity index (χ2v) is 16.7. The highest BCUT2D eigenvalue weighted by atomic mass is 32.2. The quantitative estimate of drug-likeness (QED) is 0.0562. The molecule has 4 aromatic carbocycles. The summed E-state index contributed by atoms with van der Waals surface area (Å²) < 4.78 is 82.6. The largest absolute Gasteiger partial charge is 0.417 e. The van der Waals surface area contributed by atoms with Gasteiger partial charge in [-0.05, 0) is 92.1 Å². The fourth-order valence-electron chi connectivity index (χ4n) is 7.21. The number of halogens is 4. The molecule has 61 heavy (non-hydrogen) atoms. The highest BCUT2D eigenvalue weighted by Gasteiger charge is 2.39. The van der Waals surface area contributed by atoms with Gasteiger partial charge in [-0.15, -0.1) is 0 Å². The second kappa shape index (κ2) is 16.7. The highest BCUT2D eigenvalue weighted by Crippen LogP contribution is 2.46. The third kappa shape index (κ3) is 9.02. The standard InChI is InChI=1S/C41H38F4N10O5S/c1-40(58,39(57)51-28-10-7-24(20-46)31(19-28)41(43,44)45)21-61(59,60)29-13-11-27(12-14-29)48-16-4-3-15-47-26-8-5-23(6-9-26)35-34(37-49-22-50-55(37)2)36-33-30(38(56)54-53-36)17-25(42)18-32(33)52-35/h5-14,17-19,22,34-35,47-48,52,58H,3-4,15-16,21H2,1-2H3,(H,51,57)(H,54,56)/t34?,35-,40?/m1/s1. The van der Waals surface area contributed by atoms with E-state index in [2.05, 4.69) is 41.5 Å². The predicted molar refractivity (Wildman–Crippen MR) is 218 cm³/mol. The number of sulfone groups is 1. The Labute approximate surface area is 345 Å². The van der Waals surface area contributed by atoms with Gasteiger partial charge >= 0.3 is 6.18 Å². The van der Waals surface area contributed by atoms with Gasteiger partial charge in [-0.3, -0.25) is 14.3 Å². The van der Waals surface area contributed by atoms with Crippen LogP contribution in [0.2, 0.25) is 0 Å². The Bertz CT molecular complexity index is 2820. The summed E-state index contributed by atoms with van der Waals surface area (Å²) in [6.07, 6.45) is -1.90. The number of nitrogens with one attached hydrogen (secondary N) is 5. The molecule has 0 saturated heterocycles. The average molecular weight is 859 g/mol. The molecule has 0 radical (unpaired) electrons. The number of nitrogens with zero attached hydrogens (tertiary/aromatic N) is 5. The number of H-pyrrole nitrogens is 1. The number of anilines is 4. The molecule has 1 amide bonds. The number of rotatable bonds is 14. The van der Waals surface area contributed by atoms with Crippen LogP contribution in [0.25, 0.3) is 10.8 Å². The van der Waals surface area contributed by atoms with E-state index in [1.54, 1.807) is 11.7 Å². The molecule has 15 nitrogen and oxygen atoms in total. The first-order valence-corrected chi connectivity index (χ1v) is 20.5. The lowest BCUT2D eigenvalue weighted by molar-refractivity contribution is -0.137. The number of aromatic amines is 1.